The van der Waals surface area contributed by atoms with E-state index in [1.54, 1.807) is 36.4 Å². The minimum Gasteiger partial charge on any atom is -0.430 e. The summed E-state index contributed by atoms with van der Waals surface area (Å²) in [4.78, 5) is 19.5. The molecule has 1 fully saturated rings. The highest BCUT2D eigenvalue weighted by Gasteiger charge is 2.17. The summed E-state index contributed by atoms with van der Waals surface area (Å²) in [5, 5.41) is 3.41. The van der Waals surface area contributed by atoms with Crippen molar-refractivity contribution in [2.24, 2.45) is 0 Å². The lowest BCUT2D eigenvalue weighted by Crippen LogP contribution is -2.39. The van der Waals surface area contributed by atoms with Gasteiger partial charge in [0.1, 0.15) is 11.6 Å². The Bertz CT molecular complexity index is 1060. The van der Waals surface area contributed by atoms with E-state index >= 15 is 0 Å². The fourth-order valence-electron chi connectivity index (χ4n) is 4.01. The first-order valence-corrected chi connectivity index (χ1v) is 12.2. The summed E-state index contributed by atoms with van der Waals surface area (Å²) < 4.78 is 23.2. The van der Waals surface area contributed by atoms with Crippen molar-refractivity contribution in [1.29, 1.82) is 0 Å². The van der Waals surface area contributed by atoms with Crippen molar-refractivity contribution >= 4 is 17.4 Å². The molecular formula is C25H29FN4O2S. The molecule has 0 bridgehead atoms. The molecule has 3 aromatic rings. The van der Waals surface area contributed by atoms with Crippen molar-refractivity contribution < 1.29 is 13.9 Å². The molecule has 8 heteroatoms. The summed E-state index contributed by atoms with van der Waals surface area (Å²) >= 11 is 1.15. The van der Waals surface area contributed by atoms with Crippen LogP contribution in [0, 0.1) is 5.82 Å². The zero-order valence-corrected chi connectivity index (χ0v) is 19.6. The van der Waals surface area contributed by atoms with E-state index in [4.69, 9.17) is 4.74 Å². The number of amides is 1. The van der Waals surface area contributed by atoms with Crippen LogP contribution in [0.25, 0.3) is 0 Å². The van der Waals surface area contributed by atoms with Gasteiger partial charge >= 0.3 is 0 Å². The normalized spacial score (nSPS) is 16.5. The highest BCUT2D eigenvalue weighted by Crippen LogP contribution is 2.25. The van der Waals surface area contributed by atoms with Crippen LogP contribution in [0.3, 0.4) is 0 Å². The molecule has 1 saturated heterocycles. The van der Waals surface area contributed by atoms with Gasteiger partial charge in [-0.1, -0.05) is 24.6 Å². The minimum absolute atomic E-state index is 0.110. The van der Waals surface area contributed by atoms with Gasteiger partial charge in [0.05, 0.1) is 0 Å². The Hall–Kier alpha value is -2.84. The van der Waals surface area contributed by atoms with Crippen LogP contribution in [0.1, 0.15) is 54.4 Å². The third-order valence-electron chi connectivity index (χ3n) is 5.87. The van der Waals surface area contributed by atoms with Crippen LogP contribution >= 0.6 is 11.5 Å². The van der Waals surface area contributed by atoms with Crippen LogP contribution in [0.5, 0.6) is 10.9 Å². The molecule has 1 aromatic heterocycles. The van der Waals surface area contributed by atoms with E-state index in [2.05, 4.69) is 26.5 Å². The molecule has 1 amide bonds. The molecule has 1 N–H and O–H groups in total. The Labute approximate surface area is 198 Å². The van der Waals surface area contributed by atoms with Gasteiger partial charge in [0.25, 0.3) is 11.1 Å². The van der Waals surface area contributed by atoms with Gasteiger partial charge in [-0.2, -0.15) is 9.36 Å². The number of hydrogen-bond donors (Lipinski definition) is 1. The first-order chi connectivity index (χ1) is 16.1. The molecule has 1 atom stereocenters. The van der Waals surface area contributed by atoms with Crippen molar-refractivity contribution in [2.75, 3.05) is 19.6 Å². The summed E-state index contributed by atoms with van der Waals surface area (Å²) in [5.74, 6) is 0.767. The average Bonchev–Trinajstić information content (AvgIpc) is 3.26. The number of carbonyl (C=O) groups is 1. The second-order valence-corrected chi connectivity index (χ2v) is 9.11. The molecule has 33 heavy (non-hydrogen) atoms. The second-order valence-electron chi connectivity index (χ2n) is 8.40. The highest BCUT2D eigenvalue weighted by atomic mass is 32.1. The number of rotatable bonds is 9. The van der Waals surface area contributed by atoms with Gasteiger partial charge in [-0.3, -0.25) is 4.79 Å². The maximum atomic E-state index is 13.1. The van der Waals surface area contributed by atoms with Gasteiger partial charge in [0, 0.05) is 42.6 Å². The van der Waals surface area contributed by atoms with E-state index in [0.717, 1.165) is 36.6 Å². The number of likely N-dealkylation sites (tertiary alicyclic amines) is 1. The lowest BCUT2D eigenvalue weighted by atomic mass is 10.0. The second kappa shape index (κ2) is 11.3. The van der Waals surface area contributed by atoms with Crippen LogP contribution in [-0.4, -0.2) is 45.8 Å². The van der Waals surface area contributed by atoms with E-state index in [1.165, 1.54) is 31.4 Å². The molecule has 174 valence electrons. The average molecular weight is 469 g/mol. The number of nitrogens with one attached hydrogen (secondary N) is 1. The molecular weight excluding hydrogens is 439 g/mol. The van der Waals surface area contributed by atoms with E-state index in [9.17, 15) is 9.18 Å². The van der Waals surface area contributed by atoms with Gasteiger partial charge in [0.15, 0.2) is 5.82 Å². The van der Waals surface area contributed by atoms with Crippen molar-refractivity contribution in [1.82, 2.24) is 19.6 Å². The third-order valence-corrected chi connectivity index (χ3v) is 6.51. The summed E-state index contributed by atoms with van der Waals surface area (Å²) in [5.41, 5.74) is 1.48. The summed E-state index contributed by atoms with van der Waals surface area (Å²) in [7, 11) is 0. The van der Waals surface area contributed by atoms with Crippen LogP contribution < -0.4 is 10.1 Å². The molecule has 0 spiro atoms. The molecule has 0 aliphatic carbocycles. The Morgan fingerprint density at radius 1 is 1.24 bits per heavy atom. The lowest BCUT2D eigenvalue weighted by Gasteiger charge is -2.33. The maximum absolute atomic E-state index is 13.1. The van der Waals surface area contributed by atoms with Crippen LogP contribution in [0.4, 0.5) is 4.39 Å². The highest BCUT2D eigenvalue weighted by molar-refractivity contribution is 7.07. The van der Waals surface area contributed by atoms with Gasteiger partial charge < -0.3 is 15.0 Å². The fraction of sp³-hybridized carbons (Fsp3) is 0.400. The maximum Gasteiger partial charge on any atom is 0.298 e. The van der Waals surface area contributed by atoms with E-state index in [-0.39, 0.29) is 11.7 Å². The molecule has 0 radical (unpaired) electrons. The molecule has 1 aliphatic rings. The molecule has 0 saturated carbocycles. The number of benzene rings is 2. The standard InChI is InChI=1S/C25H29FN4O2S/c1-18-6-2-3-14-30(18)15-5-13-27-24(31)20-7-4-8-22(17-20)32-25-28-23(29-33-25)16-19-9-11-21(26)12-10-19/h4,7-12,17-18H,2-3,5-6,13-16H2,1H3,(H,27,31). The summed E-state index contributed by atoms with van der Waals surface area (Å²) in [6.45, 7) is 5.11. The Morgan fingerprint density at radius 2 is 2.09 bits per heavy atom. The topological polar surface area (TPSA) is 67.4 Å². The molecule has 4 rings (SSSR count). The number of ether oxygens (including phenoxy) is 1. The number of piperidine rings is 1. The molecule has 6 nitrogen and oxygen atoms in total. The van der Waals surface area contributed by atoms with Gasteiger partial charge in [-0.25, -0.2) is 4.39 Å². The van der Waals surface area contributed by atoms with Crippen LogP contribution in [-0.2, 0) is 6.42 Å². The SMILES string of the molecule is CC1CCCCN1CCCNC(=O)c1cccc(Oc2nc(Cc3ccc(F)cc3)ns2)c1. The Balaban J connectivity index is 1.26. The molecule has 2 heterocycles. The van der Waals surface area contributed by atoms with Crippen molar-refractivity contribution in [2.45, 2.75) is 45.1 Å². The fourth-order valence-corrected chi connectivity index (χ4v) is 4.58. The van der Waals surface area contributed by atoms with Crippen molar-refractivity contribution in [3.63, 3.8) is 0 Å². The third kappa shape index (κ3) is 6.82. The quantitative estimate of drug-likeness (QED) is 0.445. The van der Waals surface area contributed by atoms with E-state index < -0.39 is 0 Å². The minimum atomic E-state index is -0.269. The first-order valence-electron chi connectivity index (χ1n) is 11.4. The smallest absolute Gasteiger partial charge is 0.298 e. The largest absolute Gasteiger partial charge is 0.430 e. The Kier molecular flexibility index (Phi) is 8.01. The number of carbonyl (C=O) groups excluding carboxylic acids is 1. The molecule has 1 aliphatic heterocycles. The van der Waals surface area contributed by atoms with Crippen LogP contribution in [0.2, 0.25) is 0 Å². The van der Waals surface area contributed by atoms with Crippen LogP contribution in [0.15, 0.2) is 48.5 Å². The van der Waals surface area contributed by atoms with Gasteiger partial charge in [-0.15, -0.1) is 0 Å². The molecule has 2 aromatic carbocycles. The Morgan fingerprint density at radius 3 is 2.91 bits per heavy atom. The van der Waals surface area contributed by atoms with Gasteiger partial charge in [-0.05, 0) is 68.6 Å². The van der Waals surface area contributed by atoms with Crippen molar-refractivity contribution in [3.05, 3.63) is 71.3 Å². The zero-order chi connectivity index (χ0) is 23.0. The number of halogens is 1. The number of nitrogens with zero attached hydrogens (tertiary/aromatic N) is 3. The predicted octanol–water partition coefficient (Wildman–Crippen LogP) is 5.05. The monoisotopic (exact) mass is 468 g/mol. The van der Waals surface area contributed by atoms with E-state index in [0.29, 0.717) is 41.3 Å². The zero-order valence-electron chi connectivity index (χ0n) is 18.8. The van der Waals surface area contributed by atoms with E-state index in [1.807, 2.05) is 0 Å². The van der Waals surface area contributed by atoms with Gasteiger partial charge in [0.2, 0.25) is 0 Å². The molecule has 1 unspecified atom stereocenters. The number of aromatic nitrogens is 2. The first kappa shape index (κ1) is 23.3. The summed E-state index contributed by atoms with van der Waals surface area (Å²) in [6.07, 6.45) is 5.29. The summed E-state index contributed by atoms with van der Waals surface area (Å²) in [6, 6.07) is 14.0. The predicted molar refractivity (Wildman–Crippen MR) is 127 cm³/mol. The lowest BCUT2D eigenvalue weighted by molar-refractivity contribution is 0.0948. The van der Waals surface area contributed by atoms with Crippen molar-refractivity contribution in [3.8, 4) is 10.9 Å². The number of hydrogen-bond acceptors (Lipinski definition) is 6.